The Morgan fingerprint density at radius 3 is 2.33 bits per heavy atom. The van der Waals surface area contributed by atoms with E-state index in [1.807, 2.05) is 0 Å². The molecular formula is C12H13F4NO. The van der Waals surface area contributed by atoms with Gasteiger partial charge >= 0.3 is 6.36 Å². The molecule has 0 atom stereocenters. The van der Waals surface area contributed by atoms with Crippen molar-refractivity contribution in [1.82, 2.24) is 5.32 Å². The monoisotopic (exact) mass is 263 g/mol. The molecule has 1 aromatic rings. The van der Waals surface area contributed by atoms with Gasteiger partial charge in [-0.25, -0.2) is 4.39 Å². The van der Waals surface area contributed by atoms with Crippen molar-refractivity contribution in [2.45, 2.75) is 24.9 Å². The lowest BCUT2D eigenvalue weighted by Gasteiger charge is -2.31. The molecule has 2 nitrogen and oxygen atoms in total. The third-order valence-corrected chi connectivity index (χ3v) is 2.99. The van der Waals surface area contributed by atoms with E-state index >= 15 is 0 Å². The van der Waals surface area contributed by atoms with Crippen LogP contribution < -0.4 is 10.1 Å². The summed E-state index contributed by atoms with van der Waals surface area (Å²) >= 11 is 0. The van der Waals surface area contributed by atoms with Gasteiger partial charge in [0.15, 0.2) is 0 Å². The van der Waals surface area contributed by atoms with E-state index in [4.69, 9.17) is 0 Å². The van der Waals surface area contributed by atoms with Gasteiger partial charge in [0, 0.05) is 5.56 Å². The van der Waals surface area contributed by atoms with E-state index in [1.165, 1.54) is 18.2 Å². The van der Waals surface area contributed by atoms with E-state index in [9.17, 15) is 17.6 Å². The average molecular weight is 263 g/mol. The number of halogens is 4. The van der Waals surface area contributed by atoms with Crippen LogP contribution in [0.15, 0.2) is 24.3 Å². The maximum atomic E-state index is 14.7. The molecule has 1 aliphatic rings. The smallest absolute Gasteiger partial charge is 0.405 e. The molecule has 0 amide bonds. The van der Waals surface area contributed by atoms with Gasteiger partial charge in [-0.3, -0.25) is 0 Å². The minimum atomic E-state index is -4.81. The average Bonchev–Trinajstić information content (AvgIpc) is 2.28. The second-order valence-corrected chi connectivity index (χ2v) is 4.26. The zero-order valence-corrected chi connectivity index (χ0v) is 9.56. The van der Waals surface area contributed by atoms with Crippen LogP contribution in [0.1, 0.15) is 18.4 Å². The minimum absolute atomic E-state index is 0.0242. The lowest BCUT2D eigenvalue weighted by Crippen LogP contribution is -2.37. The van der Waals surface area contributed by atoms with Gasteiger partial charge in [0.2, 0.25) is 0 Å². The highest BCUT2D eigenvalue weighted by atomic mass is 19.4. The molecule has 0 saturated carbocycles. The largest absolute Gasteiger partial charge is 0.573 e. The summed E-state index contributed by atoms with van der Waals surface area (Å²) in [6, 6.07) is 5.41. The first-order valence-corrected chi connectivity index (χ1v) is 5.66. The third-order valence-electron chi connectivity index (χ3n) is 2.99. The maximum Gasteiger partial charge on any atom is 0.573 e. The Morgan fingerprint density at radius 2 is 1.72 bits per heavy atom. The van der Waals surface area contributed by atoms with E-state index in [1.54, 1.807) is 0 Å². The van der Waals surface area contributed by atoms with E-state index in [0.29, 0.717) is 13.1 Å². The first-order chi connectivity index (χ1) is 8.41. The number of nitrogens with one attached hydrogen (secondary N) is 1. The molecule has 1 fully saturated rings. The van der Waals surface area contributed by atoms with Crippen molar-refractivity contribution in [3.05, 3.63) is 29.8 Å². The second kappa shape index (κ2) is 4.76. The Balaban J connectivity index is 2.32. The normalized spacial score (nSPS) is 19.6. The predicted molar refractivity (Wildman–Crippen MR) is 58.0 cm³/mol. The number of piperidine rings is 1. The van der Waals surface area contributed by atoms with Crippen molar-refractivity contribution in [2.75, 3.05) is 13.1 Å². The van der Waals surface area contributed by atoms with Gasteiger partial charge in [-0.05, 0) is 32.0 Å². The van der Waals surface area contributed by atoms with E-state index in [2.05, 4.69) is 10.1 Å². The lowest BCUT2D eigenvalue weighted by atomic mass is 9.86. The molecule has 6 heteroatoms. The fourth-order valence-corrected chi connectivity index (χ4v) is 2.14. The molecule has 1 heterocycles. The Hall–Kier alpha value is -1.30. The summed E-state index contributed by atoms with van der Waals surface area (Å²) in [7, 11) is 0. The molecule has 0 radical (unpaired) electrons. The van der Waals surface area contributed by atoms with Gasteiger partial charge in [0.05, 0.1) is 0 Å². The van der Waals surface area contributed by atoms with Crippen LogP contribution in [0.3, 0.4) is 0 Å². The van der Waals surface area contributed by atoms with Crippen molar-refractivity contribution < 1.29 is 22.3 Å². The maximum absolute atomic E-state index is 14.7. The minimum Gasteiger partial charge on any atom is -0.405 e. The van der Waals surface area contributed by atoms with Crippen LogP contribution >= 0.6 is 0 Å². The highest BCUT2D eigenvalue weighted by molar-refractivity contribution is 5.38. The Bertz CT molecular complexity index is 413. The van der Waals surface area contributed by atoms with Crippen molar-refractivity contribution in [1.29, 1.82) is 0 Å². The first-order valence-electron chi connectivity index (χ1n) is 5.66. The molecule has 0 aliphatic carbocycles. The van der Waals surface area contributed by atoms with E-state index < -0.39 is 17.8 Å². The summed E-state index contributed by atoms with van der Waals surface area (Å²) < 4.78 is 55.3. The Morgan fingerprint density at radius 1 is 1.11 bits per heavy atom. The van der Waals surface area contributed by atoms with Crippen LogP contribution in [0.4, 0.5) is 17.6 Å². The van der Waals surface area contributed by atoms with Gasteiger partial charge in [-0.1, -0.05) is 18.2 Å². The number of hydrogen-bond acceptors (Lipinski definition) is 2. The van der Waals surface area contributed by atoms with Crippen molar-refractivity contribution >= 4 is 0 Å². The number of benzene rings is 1. The van der Waals surface area contributed by atoms with Gasteiger partial charge in [-0.2, -0.15) is 0 Å². The zero-order valence-electron chi connectivity index (χ0n) is 9.56. The quantitative estimate of drug-likeness (QED) is 0.828. The summed E-state index contributed by atoms with van der Waals surface area (Å²) in [5.74, 6) is -0.450. The van der Waals surface area contributed by atoms with Crippen LogP contribution in [-0.4, -0.2) is 19.5 Å². The summed E-state index contributed by atoms with van der Waals surface area (Å²) in [5.41, 5.74) is -1.78. The van der Waals surface area contributed by atoms with Gasteiger partial charge in [0.1, 0.15) is 11.4 Å². The molecule has 0 unspecified atom stereocenters. The molecular weight excluding hydrogens is 250 g/mol. The highest BCUT2D eigenvalue weighted by Crippen LogP contribution is 2.41. The molecule has 1 aliphatic heterocycles. The van der Waals surface area contributed by atoms with Crippen molar-refractivity contribution in [2.24, 2.45) is 0 Å². The molecule has 1 aromatic carbocycles. The van der Waals surface area contributed by atoms with Crippen LogP contribution in [0.5, 0.6) is 5.75 Å². The number of alkyl halides is 4. The van der Waals surface area contributed by atoms with Crippen LogP contribution in [0.25, 0.3) is 0 Å². The molecule has 1 N–H and O–H groups in total. The predicted octanol–water partition coefficient (Wildman–Crippen LogP) is 3.13. The molecule has 1 saturated heterocycles. The lowest BCUT2D eigenvalue weighted by molar-refractivity contribution is -0.275. The van der Waals surface area contributed by atoms with Gasteiger partial charge in [0.25, 0.3) is 0 Å². The van der Waals surface area contributed by atoms with Crippen molar-refractivity contribution in [3.63, 3.8) is 0 Å². The summed E-state index contributed by atoms with van der Waals surface area (Å²) in [6.07, 6.45) is -4.52. The third kappa shape index (κ3) is 2.93. The molecule has 2 rings (SSSR count). The number of ether oxygens (including phenoxy) is 1. The standard InChI is InChI=1S/C12H13F4NO/c13-11(5-7-17-8-6-11)9-3-1-2-4-10(9)18-12(14,15)16/h1-4,17H,5-8H2. The summed E-state index contributed by atoms with van der Waals surface area (Å²) in [5, 5.41) is 2.97. The fourth-order valence-electron chi connectivity index (χ4n) is 2.14. The zero-order chi connectivity index (χ0) is 13.2. The molecule has 100 valence electrons. The number of para-hydroxylation sites is 1. The second-order valence-electron chi connectivity index (χ2n) is 4.26. The molecule has 0 aromatic heterocycles. The molecule has 0 bridgehead atoms. The number of rotatable bonds is 2. The van der Waals surface area contributed by atoms with Gasteiger partial charge in [-0.15, -0.1) is 13.2 Å². The Kier molecular flexibility index (Phi) is 3.47. The summed E-state index contributed by atoms with van der Waals surface area (Å²) in [4.78, 5) is 0. The molecule has 0 spiro atoms. The first kappa shape index (κ1) is 13.1. The SMILES string of the molecule is FC(F)(F)Oc1ccccc1C1(F)CCNCC1. The Labute approximate surface area is 102 Å². The van der Waals surface area contributed by atoms with E-state index in [-0.39, 0.29) is 18.4 Å². The van der Waals surface area contributed by atoms with Crippen LogP contribution in [0.2, 0.25) is 0 Å². The fraction of sp³-hybridized carbons (Fsp3) is 0.500. The van der Waals surface area contributed by atoms with Gasteiger partial charge < -0.3 is 10.1 Å². The topological polar surface area (TPSA) is 21.3 Å². The van der Waals surface area contributed by atoms with Crippen molar-refractivity contribution in [3.8, 4) is 5.75 Å². The van der Waals surface area contributed by atoms with Crippen LogP contribution in [-0.2, 0) is 5.67 Å². The molecule has 18 heavy (non-hydrogen) atoms. The highest BCUT2D eigenvalue weighted by Gasteiger charge is 2.39. The number of hydrogen-bond donors (Lipinski definition) is 1. The summed E-state index contributed by atoms with van der Waals surface area (Å²) in [6.45, 7) is 0.883. The van der Waals surface area contributed by atoms with E-state index in [0.717, 1.165) is 6.07 Å². The van der Waals surface area contributed by atoms with Crippen LogP contribution in [0, 0.1) is 0 Å².